The van der Waals surface area contributed by atoms with Crippen LogP contribution in [0.4, 0.5) is 10.3 Å². The number of halogens is 1. The Morgan fingerprint density at radius 3 is 2.56 bits per heavy atom. The van der Waals surface area contributed by atoms with Crippen molar-refractivity contribution in [2.45, 2.75) is 38.0 Å². The van der Waals surface area contributed by atoms with Crippen LogP contribution in [0.2, 0.25) is 0 Å². The number of anilines is 1. The number of aromatic nitrogens is 1. The molecule has 2 saturated heterocycles. The minimum Gasteiger partial charge on any atom is -0.391 e. The maximum Gasteiger partial charge on any atom is 0.232 e. The van der Waals surface area contributed by atoms with Crippen LogP contribution in [0.25, 0.3) is 11.3 Å². The Kier molecular flexibility index (Phi) is 8.28. The lowest BCUT2D eigenvalue weighted by atomic mass is 10.0. The Balaban J connectivity index is 1.42. The van der Waals surface area contributed by atoms with Gasteiger partial charge in [0, 0.05) is 44.9 Å². The second kappa shape index (κ2) is 12.0. The van der Waals surface area contributed by atoms with Crippen molar-refractivity contribution in [3.63, 3.8) is 0 Å². The van der Waals surface area contributed by atoms with E-state index in [0.717, 1.165) is 36.1 Å². The molecule has 192 valence electrons. The van der Waals surface area contributed by atoms with E-state index in [9.17, 15) is 9.50 Å². The molecule has 7 nitrogen and oxygen atoms in total. The average molecular weight is 496 g/mol. The number of aliphatic hydroxyl groups excluding tert-OH is 1. The first-order chi connectivity index (χ1) is 17.7. The van der Waals surface area contributed by atoms with Crippen molar-refractivity contribution in [3.05, 3.63) is 71.5 Å². The van der Waals surface area contributed by atoms with Gasteiger partial charge in [-0.15, -0.1) is 0 Å². The van der Waals surface area contributed by atoms with Gasteiger partial charge in [-0.3, -0.25) is 4.90 Å². The number of rotatable bonds is 10. The Morgan fingerprint density at radius 1 is 1.06 bits per heavy atom. The largest absolute Gasteiger partial charge is 0.391 e. The van der Waals surface area contributed by atoms with E-state index in [4.69, 9.17) is 14.0 Å². The summed E-state index contributed by atoms with van der Waals surface area (Å²) in [6.07, 6.45) is 2.24. The summed E-state index contributed by atoms with van der Waals surface area (Å²) in [5.41, 5.74) is 3.55. The summed E-state index contributed by atoms with van der Waals surface area (Å²) in [4.78, 5) is 4.40. The van der Waals surface area contributed by atoms with Crippen LogP contribution in [-0.4, -0.2) is 73.4 Å². The van der Waals surface area contributed by atoms with Crippen LogP contribution in [0, 0.1) is 5.82 Å². The zero-order valence-electron chi connectivity index (χ0n) is 20.5. The lowest BCUT2D eigenvalue weighted by Crippen LogP contribution is -2.39. The molecule has 36 heavy (non-hydrogen) atoms. The van der Waals surface area contributed by atoms with Gasteiger partial charge in [-0.2, -0.15) is 0 Å². The smallest absolute Gasteiger partial charge is 0.232 e. The average Bonchev–Trinajstić information content (AvgIpc) is 3.56. The summed E-state index contributed by atoms with van der Waals surface area (Å²) in [7, 11) is 0. The number of aliphatic hydroxyl groups is 1. The Labute approximate surface area is 211 Å². The molecule has 1 aromatic heterocycles. The minimum absolute atomic E-state index is 0.134. The molecule has 2 aliphatic rings. The van der Waals surface area contributed by atoms with E-state index < -0.39 is 6.10 Å². The highest BCUT2D eigenvalue weighted by molar-refractivity contribution is 5.68. The van der Waals surface area contributed by atoms with Crippen molar-refractivity contribution in [1.29, 1.82) is 0 Å². The molecule has 0 saturated carbocycles. The van der Waals surface area contributed by atoms with Crippen molar-refractivity contribution >= 4 is 5.88 Å². The van der Waals surface area contributed by atoms with Gasteiger partial charge >= 0.3 is 0 Å². The zero-order chi connectivity index (χ0) is 24.7. The van der Waals surface area contributed by atoms with Crippen LogP contribution >= 0.6 is 0 Å². The predicted molar refractivity (Wildman–Crippen MR) is 135 cm³/mol. The van der Waals surface area contributed by atoms with Crippen LogP contribution in [0.1, 0.15) is 24.0 Å². The van der Waals surface area contributed by atoms with Crippen LogP contribution in [0.15, 0.2) is 59.1 Å². The van der Waals surface area contributed by atoms with Gasteiger partial charge in [0.15, 0.2) is 0 Å². The molecule has 0 bridgehead atoms. The second-order valence-electron chi connectivity index (χ2n) is 9.59. The highest BCUT2D eigenvalue weighted by Crippen LogP contribution is 2.33. The molecule has 5 rings (SSSR count). The van der Waals surface area contributed by atoms with Crippen molar-refractivity contribution in [2.24, 2.45) is 0 Å². The van der Waals surface area contributed by atoms with Gasteiger partial charge < -0.3 is 24.0 Å². The molecule has 0 radical (unpaired) electrons. The third-order valence-corrected chi connectivity index (χ3v) is 6.83. The molecule has 2 aliphatic heterocycles. The number of benzene rings is 2. The summed E-state index contributed by atoms with van der Waals surface area (Å²) >= 11 is 0. The maximum absolute atomic E-state index is 13.6. The van der Waals surface area contributed by atoms with E-state index in [-0.39, 0.29) is 11.9 Å². The number of morpholine rings is 1. The lowest BCUT2D eigenvalue weighted by Gasteiger charge is -2.30. The normalized spacial score (nSPS) is 19.2. The van der Waals surface area contributed by atoms with Gasteiger partial charge in [0.25, 0.3) is 0 Å². The SMILES string of the molecule is O[C@@H](Cc1ccccc1)CN(Cc1c(-c2ccc(F)cc2)noc1N1CCOCC1)C[C@H]1CCCO1. The van der Waals surface area contributed by atoms with Crippen molar-refractivity contribution in [1.82, 2.24) is 10.1 Å². The van der Waals surface area contributed by atoms with Gasteiger partial charge in [-0.05, 0) is 49.1 Å². The number of ether oxygens (including phenoxy) is 2. The molecule has 8 heteroatoms. The number of hydrogen-bond acceptors (Lipinski definition) is 7. The van der Waals surface area contributed by atoms with Gasteiger partial charge in [0.05, 0.1) is 31.0 Å². The van der Waals surface area contributed by atoms with E-state index >= 15 is 0 Å². The molecule has 0 unspecified atom stereocenters. The quantitative estimate of drug-likeness (QED) is 0.457. The summed E-state index contributed by atoms with van der Waals surface area (Å²) in [6.45, 7) is 5.20. The van der Waals surface area contributed by atoms with Crippen molar-refractivity contribution in [2.75, 3.05) is 50.9 Å². The molecule has 2 atom stereocenters. The first-order valence-corrected chi connectivity index (χ1v) is 12.8. The first-order valence-electron chi connectivity index (χ1n) is 12.8. The Morgan fingerprint density at radius 2 is 1.83 bits per heavy atom. The molecular formula is C28H34FN3O4. The van der Waals surface area contributed by atoms with E-state index in [1.807, 2.05) is 30.3 Å². The summed E-state index contributed by atoms with van der Waals surface area (Å²) in [5.74, 6) is 0.425. The summed E-state index contributed by atoms with van der Waals surface area (Å²) in [5, 5.41) is 15.4. The second-order valence-corrected chi connectivity index (χ2v) is 9.59. The molecule has 3 heterocycles. The highest BCUT2D eigenvalue weighted by Gasteiger charge is 2.28. The highest BCUT2D eigenvalue weighted by atomic mass is 19.1. The third-order valence-electron chi connectivity index (χ3n) is 6.83. The van der Waals surface area contributed by atoms with E-state index in [0.29, 0.717) is 63.9 Å². The Bertz CT molecular complexity index is 1080. The standard InChI is InChI=1S/C28H34FN3O4/c29-23-10-8-22(9-11-23)27-26(28(36-30-27)32-12-15-34-16-13-32)20-31(19-25-7-4-14-35-25)18-24(33)17-21-5-2-1-3-6-21/h1-3,5-6,8-11,24-25,33H,4,7,12-20H2/t24-,25+/m0/s1. The Hall–Kier alpha value is -2.78. The molecule has 2 fully saturated rings. The van der Waals surface area contributed by atoms with Gasteiger partial charge in [0.2, 0.25) is 5.88 Å². The van der Waals surface area contributed by atoms with Gasteiger partial charge in [-0.1, -0.05) is 35.5 Å². The fourth-order valence-corrected chi connectivity index (χ4v) is 5.04. The van der Waals surface area contributed by atoms with Crippen LogP contribution in [0.5, 0.6) is 0 Å². The fraction of sp³-hybridized carbons (Fsp3) is 0.464. The number of nitrogens with zero attached hydrogens (tertiary/aromatic N) is 3. The first kappa shape index (κ1) is 24.9. The molecule has 0 aliphatic carbocycles. The molecule has 3 aromatic rings. The van der Waals surface area contributed by atoms with Crippen LogP contribution in [0.3, 0.4) is 0 Å². The lowest BCUT2D eigenvalue weighted by molar-refractivity contribution is 0.0464. The van der Waals surface area contributed by atoms with E-state index in [1.54, 1.807) is 12.1 Å². The van der Waals surface area contributed by atoms with Crippen molar-refractivity contribution in [3.8, 4) is 11.3 Å². The van der Waals surface area contributed by atoms with E-state index in [1.165, 1.54) is 12.1 Å². The van der Waals surface area contributed by atoms with Gasteiger partial charge in [0.1, 0.15) is 11.5 Å². The van der Waals surface area contributed by atoms with E-state index in [2.05, 4.69) is 15.0 Å². The monoisotopic (exact) mass is 495 g/mol. The molecular weight excluding hydrogens is 461 g/mol. The number of hydrogen-bond donors (Lipinski definition) is 1. The zero-order valence-corrected chi connectivity index (χ0v) is 20.5. The van der Waals surface area contributed by atoms with Crippen LogP contribution < -0.4 is 4.90 Å². The minimum atomic E-state index is -0.533. The summed E-state index contributed by atoms with van der Waals surface area (Å²) < 4.78 is 31.0. The predicted octanol–water partition coefficient (Wildman–Crippen LogP) is 3.90. The third kappa shape index (κ3) is 6.31. The molecule has 2 aromatic carbocycles. The topological polar surface area (TPSA) is 71.2 Å². The molecule has 0 amide bonds. The van der Waals surface area contributed by atoms with Crippen molar-refractivity contribution < 1.29 is 23.5 Å². The van der Waals surface area contributed by atoms with Crippen LogP contribution in [-0.2, 0) is 22.4 Å². The molecule has 1 N–H and O–H groups in total. The summed E-state index contributed by atoms with van der Waals surface area (Å²) in [6, 6.07) is 16.4. The fourth-order valence-electron chi connectivity index (χ4n) is 5.04. The van der Waals surface area contributed by atoms with Gasteiger partial charge in [-0.25, -0.2) is 4.39 Å². The molecule has 0 spiro atoms. The maximum atomic E-state index is 13.6.